The quantitative estimate of drug-likeness (QED) is 0.859. The highest BCUT2D eigenvalue weighted by Crippen LogP contribution is 2.13. The molecule has 2 rings (SSSR count). The lowest BCUT2D eigenvalue weighted by Gasteiger charge is -2.15. The Kier molecular flexibility index (Phi) is 4.26. The number of pyridine rings is 1. The first-order valence-corrected chi connectivity index (χ1v) is 6.19. The van der Waals surface area contributed by atoms with Gasteiger partial charge in [-0.2, -0.15) is 0 Å². The van der Waals surface area contributed by atoms with Gasteiger partial charge in [0.2, 0.25) is 5.91 Å². The van der Waals surface area contributed by atoms with Crippen molar-refractivity contribution in [2.45, 2.75) is 19.5 Å². The molecule has 0 aliphatic heterocycles. The van der Waals surface area contributed by atoms with E-state index in [9.17, 15) is 4.79 Å². The maximum Gasteiger partial charge on any atom is 0.249 e. The summed E-state index contributed by atoms with van der Waals surface area (Å²) >= 11 is 0. The SMILES string of the molecule is C[C@@H](NCc1ccccc1C(N)=O)c1cccnc1. The standard InChI is InChI=1S/C15H17N3O/c1-11(12-6-4-8-17-9-12)18-10-13-5-2-3-7-14(13)15(16)19/h2-9,11,18H,10H2,1H3,(H2,16,19)/t11-/m1/s1. The van der Waals surface area contributed by atoms with Gasteiger partial charge in [0.1, 0.15) is 0 Å². The number of nitrogens with zero attached hydrogens (tertiary/aromatic N) is 1. The van der Waals surface area contributed by atoms with Gasteiger partial charge in [-0.25, -0.2) is 0 Å². The molecule has 1 heterocycles. The summed E-state index contributed by atoms with van der Waals surface area (Å²) in [6.45, 7) is 2.65. The van der Waals surface area contributed by atoms with E-state index in [1.807, 2.05) is 36.5 Å². The van der Waals surface area contributed by atoms with Crippen molar-refractivity contribution in [2.24, 2.45) is 5.73 Å². The molecule has 1 atom stereocenters. The zero-order valence-electron chi connectivity index (χ0n) is 10.8. The minimum Gasteiger partial charge on any atom is -0.366 e. The van der Waals surface area contributed by atoms with Crippen LogP contribution in [0.4, 0.5) is 0 Å². The molecule has 0 saturated heterocycles. The molecule has 98 valence electrons. The zero-order chi connectivity index (χ0) is 13.7. The predicted octanol–water partition coefficient (Wildman–Crippen LogP) is 2.03. The number of carbonyl (C=O) groups is 1. The van der Waals surface area contributed by atoms with Crippen molar-refractivity contribution in [1.82, 2.24) is 10.3 Å². The van der Waals surface area contributed by atoms with Crippen LogP contribution in [0.2, 0.25) is 0 Å². The highest BCUT2D eigenvalue weighted by atomic mass is 16.1. The van der Waals surface area contributed by atoms with Crippen LogP contribution in [-0.4, -0.2) is 10.9 Å². The number of primary amides is 1. The Bertz CT molecular complexity index is 554. The first kappa shape index (κ1) is 13.2. The van der Waals surface area contributed by atoms with Gasteiger partial charge in [0.25, 0.3) is 0 Å². The van der Waals surface area contributed by atoms with E-state index in [-0.39, 0.29) is 6.04 Å². The molecule has 0 fully saturated rings. The van der Waals surface area contributed by atoms with Crippen molar-refractivity contribution in [3.63, 3.8) is 0 Å². The van der Waals surface area contributed by atoms with Crippen LogP contribution in [0.5, 0.6) is 0 Å². The number of hydrogen-bond acceptors (Lipinski definition) is 3. The van der Waals surface area contributed by atoms with Crippen molar-refractivity contribution >= 4 is 5.91 Å². The predicted molar refractivity (Wildman–Crippen MR) is 74.5 cm³/mol. The van der Waals surface area contributed by atoms with Crippen LogP contribution in [0.15, 0.2) is 48.8 Å². The number of benzene rings is 1. The zero-order valence-corrected chi connectivity index (χ0v) is 10.8. The molecule has 1 aromatic carbocycles. The summed E-state index contributed by atoms with van der Waals surface area (Å²) < 4.78 is 0. The van der Waals surface area contributed by atoms with Gasteiger partial charge in [-0.3, -0.25) is 9.78 Å². The smallest absolute Gasteiger partial charge is 0.249 e. The van der Waals surface area contributed by atoms with E-state index < -0.39 is 5.91 Å². The first-order valence-electron chi connectivity index (χ1n) is 6.19. The molecule has 0 saturated carbocycles. The summed E-state index contributed by atoms with van der Waals surface area (Å²) in [5.74, 6) is -0.397. The van der Waals surface area contributed by atoms with Crippen LogP contribution in [0.25, 0.3) is 0 Å². The molecule has 0 bridgehead atoms. The largest absolute Gasteiger partial charge is 0.366 e. The number of nitrogens with one attached hydrogen (secondary N) is 1. The molecule has 3 N–H and O–H groups in total. The summed E-state index contributed by atoms with van der Waals surface area (Å²) in [5, 5.41) is 3.36. The van der Waals surface area contributed by atoms with Crippen LogP contribution in [-0.2, 0) is 6.54 Å². The molecular formula is C15H17N3O. The third-order valence-electron chi connectivity index (χ3n) is 3.07. The van der Waals surface area contributed by atoms with Gasteiger partial charge in [-0.1, -0.05) is 24.3 Å². The maximum atomic E-state index is 11.3. The number of nitrogens with two attached hydrogens (primary N) is 1. The minimum absolute atomic E-state index is 0.162. The molecule has 19 heavy (non-hydrogen) atoms. The molecule has 1 aromatic heterocycles. The molecule has 0 unspecified atom stereocenters. The van der Waals surface area contributed by atoms with Crippen LogP contribution in [0.3, 0.4) is 0 Å². The van der Waals surface area contributed by atoms with Gasteiger partial charge >= 0.3 is 0 Å². The van der Waals surface area contributed by atoms with Crippen LogP contribution < -0.4 is 11.1 Å². The average Bonchev–Trinajstić information content (AvgIpc) is 2.46. The van der Waals surface area contributed by atoms with Gasteiger partial charge in [-0.05, 0) is 30.2 Å². The lowest BCUT2D eigenvalue weighted by atomic mass is 10.1. The molecule has 2 aromatic rings. The minimum atomic E-state index is -0.397. The first-order chi connectivity index (χ1) is 9.18. The van der Waals surface area contributed by atoms with Crippen molar-refractivity contribution in [1.29, 1.82) is 0 Å². The fraction of sp³-hybridized carbons (Fsp3) is 0.200. The van der Waals surface area contributed by atoms with Gasteiger partial charge in [0.05, 0.1) is 0 Å². The topological polar surface area (TPSA) is 68.0 Å². The molecule has 4 heteroatoms. The van der Waals surface area contributed by atoms with Gasteiger partial charge in [0.15, 0.2) is 0 Å². The second-order valence-electron chi connectivity index (χ2n) is 4.41. The number of amides is 1. The summed E-state index contributed by atoms with van der Waals surface area (Å²) in [4.78, 5) is 15.4. The van der Waals surface area contributed by atoms with Crippen molar-refractivity contribution < 1.29 is 4.79 Å². The van der Waals surface area contributed by atoms with Crippen LogP contribution in [0, 0.1) is 0 Å². The third kappa shape index (κ3) is 3.39. The average molecular weight is 255 g/mol. The normalized spacial score (nSPS) is 12.1. The second-order valence-corrected chi connectivity index (χ2v) is 4.41. The molecule has 0 spiro atoms. The Labute approximate surface area is 112 Å². The molecule has 1 amide bonds. The highest BCUT2D eigenvalue weighted by molar-refractivity contribution is 5.94. The fourth-order valence-corrected chi connectivity index (χ4v) is 1.93. The van der Waals surface area contributed by atoms with E-state index in [2.05, 4.69) is 17.2 Å². The maximum absolute atomic E-state index is 11.3. The Morgan fingerprint density at radius 3 is 2.79 bits per heavy atom. The molecule has 0 radical (unpaired) electrons. The Hall–Kier alpha value is -2.20. The van der Waals surface area contributed by atoms with Gasteiger partial charge in [0, 0.05) is 30.5 Å². The lowest BCUT2D eigenvalue weighted by Crippen LogP contribution is -2.21. The summed E-state index contributed by atoms with van der Waals surface area (Å²) in [6, 6.07) is 11.5. The number of carbonyl (C=O) groups excluding carboxylic acids is 1. The van der Waals surface area contributed by atoms with Gasteiger partial charge < -0.3 is 11.1 Å². The summed E-state index contributed by atoms with van der Waals surface area (Å²) in [7, 11) is 0. The summed E-state index contributed by atoms with van der Waals surface area (Å²) in [5.41, 5.74) is 7.94. The second kappa shape index (κ2) is 6.11. The highest BCUT2D eigenvalue weighted by Gasteiger charge is 2.09. The van der Waals surface area contributed by atoms with Crippen molar-refractivity contribution in [3.05, 3.63) is 65.5 Å². The summed E-state index contributed by atoms with van der Waals surface area (Å²) in [6.07, 6.45) is 3.58. The number of aromatic nitrogens is 1. The molecule has 0 aliphatic carbocycles. The van der Waals surface area contributed by atoms with E-state index in [1.54, 1.807) is 12.3 Å². The molecule has 0 aliphatic rings. The van der Waals surface area contributed by atoms with Crippen molar-refractivity contribution in [2.75, 3.05) is 0 Å². The Morgan fingerprint density at radius 2 is 2.11 bits per heavy atom. The van der Waals surface area contributed by atoms with E-state index >= 15 is 0 Å². The fourth-order valence-electron chi connectivity index (χ4n) is 1.93. The van der Waals surface area contributed by atoms with E-state index in [0.29, 0.717) is 12.1 Å². The third-order valence-corrected chi connectivity index (χ3v) is 3.07. The lowest BCUT2D eigenvalue weighted by molar-refractivity contribution is 0.0999. The Morgan fingerprint density at radius 1 is 1.32 bits per heavy atom. The van der Waals surface area contributed by atoms with Gasteiger partial charge in [-0.15, -0.1) is 0 Å². The van der Waals surface area contributed by atoms with E-state index in [4.69, 9.17) is 5.73 Å². The molecular weight excluding hydrogens is 238 g/mol. The van der Waals surface area contributed by atoms with Crippen LogP contribution in [0.1, 0.15) is 34.5 Å². The van der Waals surface area contributed by atoms with E-state index in [0.717, 1.165) is 11.1 Å². The van der Waals surface area contributed by atoms with E-state index in [1.165, 1.54) is 0 Å². The molecule has 4 nitrogen and oxygen atoms in total. The monoisotopic (exact) mass is 255 g/mol. The number of hydrogen-bond donors (Lipinski definition) is 2. The van der Waals surface area contributed by atoms with Crippen molar-refractivity contribution in [3.8, 4) is 0 Å². The number of rotatable bonds is 5. The Balaban J connectivity index is 2.05. The van der Waals surface area contributed by atoms with Crippen LogP contribution >= 0.6 is 0 Å².